The zero-order chi connectivity index (χ0) is 13.1. The molecule has 1 atom stereocenters. The van der Waals surface area contributed by atoms with Crippen LogP contribution in [-0.2, 0) is 0 Å². The van der Waals surface area contributed by atoms with Crippen molar-refractivity contribution in [2.24, 2.45) is 0 Å². The molecule has 2 nitrogen and oxygen atoms in total. The highest BCUT2D eigenvalue weighted by Gasteiger charge is 2.19. The highest BCUT2D eigenvalue weighted by Crippen LogP contribution is 2.32. The second-order valence-corrected chi connectivity index (χ2v) is 5.86. The summed E-state index contributed by atoms with van der Waals surface area (Å²) in [5.74, 6) is 0.952. The molecule has 0 saturated carbocycles. The quantitative estimate of drug-likeness (QED) is 0.832. The monoisotopic (exact) mass is 371 g/mol. The van der Waals surface area contributed by atoms with Gasteiger partial charge in [-0.2, -0.15) is 0 Å². The number of aryl methyl sites for hydroxylation is 1. The van der Waals surface area contributed by atoms with Gasteiger partial charge in [-0.3, -0.25) is 0 Å². The summed E-state index contributed by atoms with van der Waals surface area (Å²) in [6, 6.07) is 8.37. The molecule has 1 aromatic carbocycles. The maximum absolute atomic E-state index is 5.42. The van der Waals surface area contributed by atoms with Crippen molar-refractivity contribution in [1.82, 2.24) is 5.32 Å². The molecule has 0 amide bonds. The summed E-state index contributed by atoms with van der Waals surface area (Å²) in [5.41, 5.74) is 2.38. The fourth-order valence-corrected chi connectivity index (χ4v) is 2.88. The lowest BCUT2D eigenvalue weighted by atomic mass is 9.99. The average Bonchev–Trinajstić information content (AvgIpc) is 2.76. The van der Waals surface area contributed by atoms with E-state index < -0.39 is 0 Å². The van der Waals surface area contributed by atoms with Crippen molar-refractivity contribution < 1.29 is 4.42 Å². The van der Waals surface area contributed by atoms with Crippen LogP contribution in [0.2, 0.25) is 0 Å². The fraction of sp³-hybridized carbons (Fsp3) is 0.286. The molecule has 1 aromatic heterocycles. The molecule has 0 bridgehead atoms. The van der Waals surface area contributed by atoms with Crippen LogP contribution in [0.15, 0.2) is 43.9 Å². The number of nitrogens with one attached hydrogen (secondary N) is 1. The summed E-state index contributed by atoms with van der Waals surface area (Å²) in [6.45, 7) is 4.99. The zero-order valence-electron chi connectivity index (χ0n) is 10.3. The standard InChI is InChI=1S/C14H15Br2NO/c1-3-17-14(11-6-7-18-9(11)2)12-8-10(15)4-5-13(12)16/h4-8,14,17H,3H2,1-2H3. The molecule has 4 heteroatoms. The first-order chi connectivity index (χ1) is 8.63. The predicted molar refractivity (Wildman–Crippen MR) is 80.8 cm³/mol. The van der Waals surface area contributed by atoms with Gasteiger partial charge in [0.25, 0.3) is 0 Å². The summed E-state index contributed by atoms with van der Waals surface area (Å²) in [4.78, 5) is 0. The Balaban J connectivity index is 2.48. The third-order valence-corrected chi connectivity index (χ3v) is 4.10. The second kappa shape index (κ2) is 6.04. The molecule has 18 heavy (non-hydrogen) atoms. The molecule has 1 N–H and O–H groups in total. The minimum atomic E-state index is 0.139. The van der Waals surface area contributed by atoms with E-state index in [1.54, 1.807) is 6.26 Å². The third kappa shape index (κ3) is 2.87. The molecule has 0 aliphatic carbocycles. The van der Waals surface area contributed by atoms with Crippen molar-refractivity contribution in [2.45, 2.75) is 19.9 Å². The minimum Gasteiger partial charge on any atom is -0.469 e. The summed E-state index contributed by atoms with van der Waals surface area (Å²) in [5, 5.41) is 3.50. The second-order valence-electron chi connectivity index (χ2n) is 4.09. The molecule has 1 unspecified atom stereocenters. The first-order valence-corrected chi connectivity index (χ1v) is 7.44. The first-order valence-electron chi connectivity index (χ1n) is 5.85. The van der Waals surface area contributed by atoms with Crippen LogP contribution < -0.4 is 5.32 Å². The summed E-state index contributed by atoms with van der Waals surface area (Å²) < 4.78 is 7.58. The van der Waals surface area contributed by atoms with Crippen molar-refractivity contribution in [1.29, 1.82) is 0 Å². The van der Waals surface area contributed by atoms with E-state index in [1.807, 2.05) is 19.1 Å². The Morgan fingerprint density at radius 1 is 1.22 bits per heavy atom. The number of furan rings is 1. The Kier molecular flexibility index (Phi) is 4.65. The molecule has 0 fully saturated rings. The molecule has 1 heterocycles. The van der Waals surface area contributed by atoms with Crippen molar-refractivity contribution in [3.63, 3.8) is 0 Å². The lowest BCUT2D eigenvalue weighted by molar-refractivity contribution is 0.519. The molecular weight excluding hydrogens is 358 g/mol. The normalized spacial score (nSPS) is 12.7. The molecule has 0 aliphatic heterocycles. The number of hydrogen-bond donors (Lipinski definition) is 1. The van der Waals surface area contributed by atoms with E-state index in [1.165, 1.54) is 11.1 Å². The largest absolute Gasteiger partial charge is 0.469 e. The molecule has 2 aromatic rings. The Hall–Kier alpha value is -0.580. The van der Waals surface area contributed by atoms with Gasteiger partial charge in [0.05, 0.1) is 12.3 Å². The van der Waals surface area contributed by atoms with E-state index in [4.69, 9.17) is 4.42 Å². The van der Waals surface area contributed by atoms with Gasteiger partial charge >= 0.3 is 0 Å². The molecule has 0 aliphatic rings. The lowest BCUT2D eigenvalue weighted by Gasteiger charge is -2.19. The number of rotatable bonds is 4. The van der Waals surface area contributed by atoms with Gasteiger partial charge in [-0.1, -0.05) is 38.8 Å². The van der Waals surface area contributed by atoms with Crippen LogP contribution in [0.5, 0.6) is 0 Å². The van der Waals surface area contributed by atoms with Gasteiger partial charge in [-0.25, -0.2) is 0 Å². The smallest absolute Gasteiger partial charge is 0.105 e. The summed E-state index contributed by atoms with van der Waals surface area (Å²) in [7, 11) is 0. The Labute approximate surface area is 124 Å². The van der Waals surface area contributed by atoms with Crippen molar-refractivity contribution in [3.05, 3.63) is 56.4 Å². The van der Waals surface area contributed by atoms with Gasteiger partial charge in [0.15, 0.2) is 0 Å². The number of benzene rings is 1. The molecule has 2 rings (SSSR count). The van der Waals surface area contributed by atoms with Crippen LogP contribution in [0.4, 0.5) is 0 Å². The Morgan fingerprint density at radius 3 is 2.61 bits per heavy atom. The Bertz CT molecular complexity index is 536. The summed E-state index contributed by atoms with van der Waals surface area (Å²) >= 11 is 7.15. The van der Waals surface area contributed by atoms with Crippen LogP contribution in [0, 0.1) is 6.92 Å². The zero-order valence-corrected chi connectivity index (χ0v) is 13.5. The van der Waals surface area contributed by atoms with Crippen LogP contribution >= 0.6 is 31.9 Å². The van der Waals surface area contributed by atoms with E-state index in [-0.39, 0.29) is 6.04 Å². The van der Waals surface area contributed by atoms with E-state index in [0.717, 1.165) is 21.3 Å². The minimum absolute atomic E-state index is 0.139. The number of halogens is 2. The van der Waals surface area contributed by atoms with E-state index in [9.17, 15) is 0 Å². The topological polar surface area (TPSA) is 25.2 Å². The molecule has 96 valence electrons. The van der Waals surface area contributed by atoms with Crippen molar-refractivity contribution in [3.8, 4) is 0 Å². The van der Waals surface area contributed by atoms with E-state index in [2.05, 4.69) is 56.2 Å². The van der Waals surface area contributed by atoms with Crippen LogP contribution in [-0.4, -0.2) is 6.54 Å². The van der Waals surface area contributed by atoms with Crippen LogP contribution in [0.3, 0.4) is 0 Å². The molecule has 0 saturated heterocycles. The fourth-order valence-electron chi connectivity index (χ4n) is 2.02. The van der Waals surface area contributed by atoms with Crippen LogP contribution in [0.25, 0.3) is 0 Å². The maximum Gasteiger partial charge on any atom is 0.105 e. The molecule has 0 spiro atoms. The van der Waals surface area contributed by atoms with Gasteiger partial charge in [-0.15, -0.1) is 0 Å². The predicted octanol–water partition coefficient (Wildman–Crippen LogP) is 4.81. The summed E-state index contributed by atoms with van der Waals surface area (Å²) in [6.07, 6.45) is 1.74. The molecule has 0 radical (unpaired) electrons. The SMILES string of the molecule is CCNC(c1cc(Br)ccc1Br)c1ccoc1C. The van der Waals surface area contributed by atoms with Gasteiger partial charge < -0.3 is 9.73 Å². The van der Waals surface area contributed by atoms with E-state index >= 15 is 0 Å². The maximum atomic E-state index is 5.42. The average molecular weight is 373 g/mol. The highest BCUT2D eigenvalue weighted by molar-refractivity contribution is 9.11. The highest BCUT2D eigenvalue weighted by atomic mass is 79.9. The van der Waals surface area contributed by atoms with Gasteiger partial charge in [0, 0.05) is 14.5 Å². The van der Waals surface area contributed by atoms with Crippen molar-refractivity contribution in [2.75, 3.05) is 6.54 Å². The van der Waals surface area contributed by atoms with Crippen LogP contribution in [0.1, 0.15) is 29.9 Å². The third-order valence-electron chi connectivity index (χ3n) is 2.89. The van der Waals surface area contributed by atoms with Gasteiger partial charge in [0.2, 0.25) is 0 Å². The van der Waals surface area contributed by atoms with E-state index in [0.29, 0.717) is 0 Å². The van der Waals surface area contributed by atoms with Gasteiger partial charge in [-0.05, 0) is 43.3 Å². The Morgan fingerprint density at radius 2 is 2.00 bits per heavy atom. The van der Waals surface area contributed by atoms with Gasteiger partial charge in [0.1, 0.15) is 5.76 Å². The number of hydrogen-bond acceptors (Lipinski definition) is 2. The van der Waals surface area contributed by atoms with Crippen molar-refractivity contribution >= 4 is 31.9 Å². The lowest BCUT2D eigenvalue weighted by Crippen LogP contribution is -2.22. The first kappa shape index (κ1) is 13.8. The molecular formula is C14H15Br2NO.